The zero-order valence-corrected chi connectivity index (χ0v) is 14.2. The van der Waals surface area contributed by atoms with Gasteiger partial charge in [-0.3, -0.25) is 0 Å². The van der Waals surface area contributed by atoms with E-state index in [9.17, 15) is 4.79 Å². The minimum Gasteiger partial charge on any atom is -0.338 e. The predicted molar refractivity (Wildman–Crippen MR) is 88.6 cm³/mol. The Morgan fingerprint density at radius 3 is 2.33 bits per heavy atom. The average molecular weight is 298 g/mol. The maximum atomic E-state index is 11.6. The van der Waals surface area contributed by atoms with Crippen LogP contribution in [0.25, 0.3) is 0 Å². The Morgan fingerprint density at radius 2 is 1.71 bits per heavy atom. The molecule has 0 radical (unpaired) electrons. The number of nitrogens with one attached hydrogen (secondary N) is 2. The lowest BCUT2D eigenvalue weighted by Crippen LogP contribution is -2.48. The number of amides is 2. The van der Waals surface area contributed by atoms with E-state index in [2.05, 4.69) is 41.2 Å². The molecule has 1 aliphatic rings. The van der Waals surface area contributed by atoms with Crippen LogP contribution < -0.4 is 10.6 Å². The topological polar surface area (TPSA) is 47.6 Å². The first-order chi connectivity index (χ1) is 10.2. The lowest BCUT2D eigenvalue weighted by Gasteiger charge is -2.35. The second kappa shape index (κ2) is 10.9. The third-order valence-electron chi connectivity index (χ3n) is 4.16. The molecule has 0 bridgehead atoms. The van der Waals surface area contributed by atoms with Crippen molar-refractivity contribution in [2.75, 3.05) is 52.4 Å². The van der Waals surface area contributed by atoms with Crippen molar-refractivity contribution in [3.8, 4) is 0 Å². The molecule has 0 aromatic carbocycles. The Balaban J connectivity index is 2.05. The molecule has 5 nitrogen and oxygen atoms in total. The van der Waals surface area contributed by atoms with Gasteiger partial charge in [-0.25, -0.2) is 4.79 Å². The molecule has 1 fully saturated rings. The van der Waals surface area contributed by atoms with Crippen LogP contribution in [0.3, 0.4) is 0 Å². The van der Waals surface area contributed by atoms with Crippen molar-refractivity contribution in [3.63, 3.8) is 0 Å². The summed E-state index contributed by atoms with van der Waals surface area (Å²) in [5.74, 6) is 0.500. The van der Waals surface area contributed by atoms with Gasteiger partial charge in [-0.2, -0.15) is 0 Å². The molecule has 0 aliphatic carbocycles. The highest BCUT2D eigenvalue weighted by Gasteiger charge is 2.17. The second-order valence-electron chi connectivity index (χ2n) is 6.18. The molecule has 1 rings (SSSR count). The van der Waals surface area contributed by atoms with Crippen molar-refractivity contribution >= 4 is 6.03 Å². The molecule has 1 atom stereocenters. The van der Waals surface area contributed by atoms with Crippen molar-refractivity contribution in [1.82, 2.24) is 20.4 Å². The van der Waals surface area contributed by atoms with Gasteiger partial charge in [0.15, 0.2) is 0 Å². The van der Waals surface area contributed by atoms with Crippen molar-refractivity contribution in [2.24, 2.45) is 5.92 Å². The Morgan fingerprint density at radius 1 is 1.05 bits per heavy atom. The van der Waals surface area contributed by atoms with Gasteiger partial charge in [-0.1, -0.05) is 33.6 Å². The number of urea groups is 1. The number of hydrogen-bond acceptors (Lipinski definition) is 3. The van der Waals surface area contributed by atoms with Gasteiger partial charge in [-0.15, -0.1) is 0 Å². The van der Waals surface area contributed by atoms with Gasteiger partial charge in [-0.05, 0) is 18.9 Å². The molecular formula is C16H34N4O. The maximum absolute atomic E-state index is 11.6. The van der Waals surface area contributed by atoms with E-state index in [1.165, 1.54) is 25.9 Å². The summed E-state index contributed by atoms with van der Waals surface area (Å²) in [6.45, 7) is 15.0. The maximum Gasteiger partial charge on any atom is 0.314 e. The van der Waals surface area contributed by atoms with E-state index >= 15 is 0 Å². The zero-order chi connectivity index (χ0) is 15.5. The Kier molecular flexibility index (Phi) is 9.42. The fraction of sp³-hybridized carbons (Fsp3) is 0.938. The van der Waals surface area contributed by atoms with Crippen LogP contribution in [0.15, 0.2) is 0 Å². The first-order valence-electron chi connectivity index (χ1n) is 8.62. The lowest BCUT2D eigenvalue weighted by molar-refractivity contribution is 0.124. The van der Waals surface area contributed by atoms with E-state index < -0.39 is 0 Å². The van der Waals surface area contributed by atoms with Gasteiger partial charge in [0, 0.05) is 45.8 Å². The van der Waals surface area contributed by atoms with Gasteiger partial charge in [0.25, 0.3) is 0 Å². The summed E-state index contributed by atoms with van der Waals surface area (Å²) >= 11 is 0. The quantitative estimate of drug-likeness (QED) is 0.638. The summed E-state index contributed by atoms with van der Waals surface area (Å²) in [6.07, 6.45) is 3.44. The van der Waals surface area contributed by atoms with Gasteiger partial charge >= 0.3 is 6.03 Å². The summed E-state index contributed by atoms with van der Waals surface area (Å²) in [4.78, 5) is 16.6. The number of nitrogens with zero attached hydrogens (tertiary/aromatic N) is 2. The molecule has 0 spiro atoms. The SMILES string of the molecule is CCCCCNC(=O)NCC(C)CN1CCN(CC)CC1. The molecule has 21 heavy (non-hydrogen) atoms. The Labute approximate surface area is 130 Å². The Hall–Kier alpha value is -0.810. The predicted octanol–water partition coefficient (Wildman–Crippen LogP) is 1.75. The van der Waals surface area contributed by atoms with E-state index in [1.807, 2.05) is 0 Å². The van der Waals surface area contributed by atoms with Crippen LogP contribution in [-0.2, 0) is 0 Å². The highest BCUT2D eigenvalue weighted by Crippen LogP contribution is 2.05. The minimum absolute atomic E-state index is 0.0197. The molecule has 0 aromatic rings. The summed E-state index contributed by atoms with van der Waals surface area (Å²) in [5.41, 5.74) is 0. The van der Waals surface area contributed by atoms with Crippen LogP contribution in [0.5, 0.6) is 0 Å². The molecular weight excluding hydrogens is 264 g/mol. The number of likely N-dealkylation sites (N-methyl/N-ethyl adjacent to an activating group) is 1. The van der Waals surface area contributed by atoms with Crippen molar-refractivity contribution in [3.05, 3.63) is 0 Å². The van der Waals surface area contributed by atoms with E-state index in [4.69, 9.17) is 0 Å². The molecule has 5 heteroatoms. The monoisotopic (exact) mass is 298 g/mol. The minimum atomic E-state index is -0.0197. The Bertz CT molecular complexity index is 277. The number of carbonyl (C=O) groups is 1. The zero-order valence-electron chi connectivity index (χ0n) is 14.2. The largest absolute Gasteiger partial charge is 0.338 e. The molecule has 0 saturated carbocycles. The van der Waals surface area contributed by atoms with E-state index in [1.54, 1.807) is 0 Å². The van der Waals surface area contributed by atoms with Gasteiger partial charge < -0.3 is 20.4 Å². The third-order valence-corrected chi connectivity index (χ3v) is 4.16. The van der Waals surface area contributed by atoms with E-state index in [0.717, 1.165) is 45.7 Å². The second-order valence-corrected chi connectivity index (χ2v) is 6.18. The van der Waals surface area contributed by atoms with Crippen LogP contribution in [0.4, 0.5) is 4.79 Å². The van der Waals surface area contributed by atoms with Crippen molar-refractivity contribution in [2.45, 2.75) is 40.0 Å². The number of rotatable bonds is 9. The number of piperazine rings is 1. The molecule has 124 valence electrons. The molecule has 1 unspecified atom stereocenters. The van der Waals surface area contributed by atoms with E-state index in [0.29, 0.717) is 5.92 Å². The molecule has 1 saturated heterocycles. The highest BCUT2D eigenvalue weighted by atomic mass is 16.2. The summed E-state index contributed by atoms with van der Waals surface area (Å²) in [5, 5.41) is 5.90. The average Bonchev–Trinajstić information content (AvgIpc) is 2.50. The van der Waals surface area contributed by atoms with Crippen molar-refractivity contribution < 1.29 is 4.79 Å². The van der Waals surface area contributed by atoms with E-state index in [-0.39, 0.29) is 6.03 Å². The lowest BCUT2D eigenvalue weighted by atomic mass is 10.1. The third kappa shape index (κ3) is 8.27. The van der Waals surface area contributed by atoms with Crippen LogP contribution in [-0.4, -0.2) is 68.2 Å². The fourth-order valence-electron chi connectivity index (χ4n) is 2.70. The van der Waals surface area contributed by atoms with Crippen LogP contribution in [0.2, 0.25) is 0 Å². The van der Waals surface area contributed by atoms with Crippen molar-refractivity contribution in [1.29, 1.82) is 0 Å². The summed E-state index contributed by atoms with van der Waals surface area (Å²) < 4.78 is 0. The fourth-order valence-corrected chi connectivity index (χ4v) is 2.70. The molecule has 2 N–H and O–H groups in total. The summed E-state index contributed by atoms with van der Waals surface area (Å²) in [6, 6.07) is -0.0197. The van der Waals surface area contributed by atoms with Gasteiger partial charge in [0.05, 0.1) is 0 Å². The number of unbranched alkanes of at least 4 members (excludes halogenated alkanes) is 2. The smallest absolute Gasteiger partial charge is 0.314 e. The standard InChI is InChI=1S/C16H34N4O/c1-4-6-7-8-17-16(21)18-13-15(3)14-20-11-9-19(5-2)10-12-20/h15H,4-14H2,1-3H3,(H2,17,18,21). The van der Waals surface area contributed by atoms with Crippen LogP contribution >= 0.6 is 0 Å². The normalized spacial score (nSPS) is 18.4. The number of hydrogen-bond donors (Lipinski definition) is 2. The first kappa shape index (κ1) is 18.2. The van der Waals surface area contributed by atoms with Crippen LogP contribution in [0.1, 0.15) is 40.0 Å². The molecule has 2 amide bonds. The van der Waals surface area contributed by atoms with Crippen LogP contribution in [0, 0.1) is 5.92 Å². The van der Waals surface area contributed by atoms with Gasteiger partial charge in [0.1, 0.15) is 0 Å². The summed E-state index contributed by atoms with van der Waals surface area (Å²) in [7, 11) is 0. The number of carbonyl (C=O) groups excluding carboxylic acids is 1. The first-order valence-corrected chi connectivity index (χ1v) is 8.62. The molecule has 1 aliphatic heterocycles. The highest BCUT2D eigenvalue weighted by molar-refractivity contribution is 5.73. The van der Waals surface area contributed by atoms with Gasteiger partial charge in [0.2, 0.25) is 0 Å². The molecule has 1 heterocycles. The molecule has 0 aromatic heterocycles.